The second-order valence-corrected chi connectivity index (χ2v) is 4.14. The van der Waals surface area contributed by atoms with Gasteiger partial charge in [0.15, 0.2) is 0 Å². The summed E-state index contributed by atoms with van der Waals surface area (Å²) in [6.45, 7) is 5.91. The zero-order valence-corrected chi connectivity index (χ0v) is 8.68. The summed E-state index contributed by atoms with van der Waals surface area (Å²) in [5.74, 6) is 0. The van der Waals surface area contributed by atoms with Gasteiger partial charge in [-0.05, 0) is 33.1 Å². The highest BCUT2D eigenvalue weighted by molar-refractivity contribution is 4.95. The first kappa shape index (κ1) is 11.0. The molecule has 0 amide bonds. The molecule has 0 radical (unpaired) electrons. The van der Waals surface area contributed by atoms with Crippen LogP contribution in [-0.2, 0) is 4.74 Å². The van der Waals surface area contributed by atoms with E-state index in [4.69, 9.17) is 9.84 Å². The summed E-state index contributed by atoms with van der Waals surface area (Å²) in [5.41, 5.74) is 0.0281. The van der Waals surface area contributed by atoms with Gasteiger partial charge >= 0.3 is 0 Å². The van der Waals surface area contributed by atoms with E-state index >= 15 is 0 Å². The minimum atomic E-state index is 0.0281. The van der Waals surface area contributed by atoms with Crippen molar-refractivity contribution < 1.29 is 9.84 Å². The molecule has 0 unspecified atom stereocenters. The Morgan fingerprint density at radius 3 is 2.54 bits per heavy atom. The third-order valence-corrected chi connectivity index (χ3v) is 2.67. The molecule has 0 spiro atoms. The highest BCUT2D eigenvalue weighted by Crippen LogP contribution is 2.30. The molecule has 13 heavy (non-hydrogen) atoms. The maximum absolute atomic E-state index is 9.14. The normalized spacial score (nSPS) is 20.3. The first-order valence-electron chi connectivity index (χ1n) is 5.16. The van der Waals surface area contributed by atoms with Crippen molar-refractivity contribution in [2.24, 2.45) is 0 Å². The van der Waals surface area contributed by atoms with Gasteiger partial charge in [-0.2, -0.15) is 0 Å². The summed E-state index contributed by atoms with van der Waals surface area (Å²) < 4.78 is 5.41. The molecule has 2 N–H and O–H groups in total. The Kier molecular flexibility index (Phi) is 4.16. The van der Waals surface area contributed by atoms with Gasteiger partial charge in [0.25, 0.3) is 0 Å². The van der Waals surface area contributed by atoms with Gasteiger partial charge in [-0.3, -0.25) is 0 Å². The summed E-state index contributed by atoms with van der Waals surface area (Å²) in [5, 5.41) is 12.5. The Labute approximate surface area is 80.5 Å². The van der Waals surface area contributed by atoms with Crippen molar-refractivity contribution in [3.8, 4) is 0 Å². The maximum atomic E-state index is 9.14. The second-order valence-electron chi connectivity index (χ2n) is 4.14. The molecule has 0 aromatic heterocycles. The van der Waals surface area contributed by atoms with Gasteiger partial charge in [-0.15, -0.1) is 0 Å². The summed E-state index contributed by atoms with van der Waals surface area (Å²) in [7, 11) is 0. The van der Waals surface area contributed by atoms with Crippen molar-refractivity contribution in [2.75, 3.05) is 19.8 Å². The van der Waals surface area contributed by atoms with Crippen molar-refractivity contribution >= 4 is 0 Å². The fourth-order valence-electron chi connectivity index (χ4n) is 1.61. The number of rotatable bonds is 6. The van der Waals surface area contributed by atoms with Crippen LogP contribution in [0.15, 0.2) is 0 Å². The van der Waals surface area contributed by atoms with Gasteiger partial charge in [0.2, 0.25) is 0 Å². The monoisotopic (exact) mass is 187 g/mol. The average Bonchev–Trinajstić information content (AvgIpc) is 2.01. The molecule has 0 aliphatic heterocycles. The van der Waals surface area contributed by atoms with Crippen molar-refractivity contribution in [3.05, 3.63) is 0 Å². The van der Waals surface area contributed by atoms with Gasteiger partial charge in [-0.1, -0.05) is 0 Å². The highest BCUT2D eigenvalue weighted by atomic mass is 16.5. The zero-order chi connectivity index (χ0) is 9.73. The molecular formula is C10H21NO2. The van der Waals surface area contributed by atoms with E-state index in [0.717, 1.165) is 26.0 Å². The molecule has 0 atom stereocenters. The van der Waals surface area contributed by atoms with Gasteiger partial charge in [-0.25, -0.2) is 0 Å². The van der Waals surface area contributed by atoms with Gasteiger partial charge in [0.05, 0.1) is 19.3 Å². The van der Waals surface area contributed by atoms with Crippen LogP contribution < -0.4 is 5.32 Å². The van der Waals surface area contributed by atoms with Crippen LogP contribution in [0.2, 0.25) is 0 Å². The number of nitrogens with one attached hydrogen (secondary N) is 1. The fraction of sp³-hybridized carbons (Fsp3) is 1.00. The van der Waals surface area contributed by atoms with E-state index in [1.165, 1.54) is 6.42 Å². The third-order valence-electron chi connectivity index (χ3n) is 2.67. The summed E-state index contributed by atoms with van der Waals surface area (Å²) >= 11 is 0. The predicted molar refractivity (Wildman–Crippen MR) is 52.8 cm³/mol. The standard InChI is InChI=1S/C10H21NO2/c1-9(2)13-7-6-11-10(8-12)4-3-5-10/h9,11-12H,3-8H2,1-2H3. The Hall–Kier alpha value is -0.120. The van der Waals surface area contributed by atoms with E-state index in [1.807, 2.05) is 13.8 Å². The van der Waals surface area contributed by atoms with Crippen LogP contribution in [0.5, 0.6) is 0 Å². The molecule has 1 aliphatic rings. The Bertz CT molecular complexity index is 138. The molecular weight excluding hydrogens is 166 g/mol. The van der Waals surface area contributed by atoms with Crippen molar-refractivity contribution in [2.45, 2.75) is 44.8 Å². The fourth-order valence-corrected chi connectivity index (χ4v) is 1.61. The van der Waals surface area contributed by atoms with E-state index in [9.17, 15) is 0 Å². The molecule has 0 aromatic carbocycles. The van der Waals surface area contributed by atoms with E-state index < -0.39 is 0 Å². The van der Waals surface area contributed by atoms with E-state index in [2.05, 4.69) is 5.32 Å². The van der Waals surface area contributed by atoms with Gasteiger partial charge < -0.3 is 15.2 Å². The lowest BCUT2D eigenvalue weighted by Crippen LogP contribution is -2.54. The molecule has 0 aromatic rings. The first-order chi connectivity index (χ1) is 6.18. The third kappa shape index (κ3) is 3.25. The van der Waals surface area contributed by atoms with E-state index in [-0.39, 0.29) is 12.1 Å². The van der Waals surface area contributed by atoms with Crippen LogP contribution in [-0.4, -0.2) is 36.5 Å². The number of ether oxygens (including phenoxy) is 1. The average molecular weight is 187 g/mol. The van der Waals surface area contributed by atoms with E-state index in [1.54, 1.807) is 0 Å². The maximum Gasteiger partial charge on any atom is 0.0613 e. The molecule has 1 rings (SSSR count). The number of aliphatic hydroxyl groups is 1. The van der Waals surface area contributed by atoms with Crippen molar-refractivity contribution in [1.29, 1.82) is 0 Å². The van der Waals surface area contributed by atoms with Crippen LogP contribution in [0.1, 0.15) is 33.1 Å². The smallest absolute Gasteiger partial charge is 0.0613 e. The topological polar surface area (TPSA) is 41.5 Å². The molecule has 0 saturated heterocycles. The number of aliphatic hydroxyl groups excluding tert-OH is 1. The predicted octanol–water partition coefficient (Wildman–Crippen LogP) is 0.916. The van der Waals surface area contributed by atoms with E-state index in [0.29, 0.717) is 6.10 Å². The molecule has 3 heteroatoms. The molecule has 0 bridgehead atoms. The lowest BCUT2D eigenvalue weighted by atomic mass is 9.77. The Morgan fingerprint density at radius 2 is 2.15 bits per heavy atom. The van der Waals surface area contributed by atoms with Crippen LogP contribution in [0.4, 0.5) is 0 Å². The van der Waals surface area contributed by atoms with Gasteiger partial charge in [0, 0.05) is 12.1 Å². The summed E-state index contributed by atoms with van der Waals surface area (Å²) in [6.07, 6.45) is 3.74. The minimum absolute atomic E-state index is 0.0281. The Balaban J connectivity index is 2.04. The minimum Gasteiger partial charge on any atom is -0.394 e. The molecule has 1 aliphatic carbocycles. The molecule has 1 saturated carbocycles. The summed E-state index contributed by atoms with van der Waals surface area (Å²) in [4.78, 5) is 0. The molecule has 1 fully saturated rings. The molecule has 0 heterocycles. The van der Waals surface area contributed by atoms with Crippen molar-refractivity contribution in [3.63, 3.8) is 0 Å². The largest absolute Gasteiger partial charge is 0.394 e. The first-order valence-corrected chi connectivity index (χ1v) is 5.16. The second kappa shape index (κ2) is 4.94. The van der Waals surface area contributed by atoms with Crippen LogP contribution in [0, 0.1) is 0 Å². The lowest BCUT2D eigenvalue weighted by molar-refractivity contribution is 0.0514. The van der Waals surface area contributed by atoms with Crippen LogP contribution in [0.25, 0.3) is 0 Å². The zero-order valence-electron chi connectivity index (χ0n) is 8.68. The number of hydrogen-bond donors (Lipinski definition) is 2. The van der Waals surface area contributed by atoms with Crippen molar-refractivity contribution in [1.82, 2.24) is 5.32 Å². The summed E-state index contributed by atoms with van der Waals surface area (Å²) in [6, 6.07) is 0. The van der Waals surface area contributed by atoms with Crippen LogP contribution >= 0.6 is 0 Å². The quantitative estimate of drug-likeness (QED) is 0.607. The lowest BCUT2D eigenvalue weighted by Gasteiger charge is -2.41. The molecule has 78 valence electrons. The Morgan fingerprint density at radius 1 is 1.46 bits per heavy atom. The van der Waals surface area contributed by atoms with Crippen LogP contribution in [0.3, 0.4) is 0 Å². The molecule has 3 nitrogen and oxygen atoms in total. The SMILES string of the molecule is CC(C)OCCNC1(CO)CCC1. The van der Waals surface area contributed by atoms with Gasteiger partial charge in [0.1, 0.15) is 0 Å². The number of hydrogen-bond acceptors (Lipinski definition) is 3. The highest BCUT2D eigenvalue weighted by Gasteiger charge is 2.35.